The second kappa shape index (κ2) is 4.48. The second-order valence-electron chi connectivity index (χ2n) is 4.37. The molecule has 1 aromatic carbocycles. The van der Waals surface area contributed by atoms with Gasteiger partial charge in [-0.2, -0.15) is 0 Å². The van der Waals surface area contributed by atoms with Gasteiger partial charge in [-0.15, -0.1) is 0 Å². The Kier molecular flexibility index (Phi) is 3.25. The number of aryl methyl sites for hydroxylation is 2. The van der Waals surface area contributed by atoms with Gasteiger partial charge in [0.25, 0.3) is 0 Å². The molecule has 2 heteroatoms. The van der Waals surface area contributed by atoms with Gasteiger partial charge in [-0.3, -0.25) is 0 Å². The molecule has 1 saturated heterocycles. The average Bonchev–Trinajstić information content (AvgIpc) is 2.17. The fraction of sp³-hybridized carbons (Fsp3) is 0.538. The Morgan fingerprint density at radius 2 is 1.53 bits per heavy atom. The van der Waals surface area contributed by atoms with Crippen molar-refractivity contribution in [1.82, 2.24) is 0 Å². The highest BCUT2D eigenvalue weighted by atomic mass is 32.2. The highest BCUT2D eigenvalue weighted by molar-refractivity contribution is 7.97. The van der Waals surface area contributed by atoms with Crippen molar-refractivity contribution in [2.75, 3.05) is 11.5 Å². The minimum absolute atomic E-state index is 0.411. The number of aromatic hydroxyl groups is 1. The van der Waals surface area contributed by atoms with Gasteiger partial charge in [-0.25, -0.2) is 0 Å². The van der Waals surface area contributed by atoms with E-state index in [1.165, 1.54) is 46.8 Å². The normalized spacial score (nSPS) is 18.0. The van der Waals surface area contributed by atoms with Crippen LogP contribution in [0.3, 0.4) is 0 Å². The van der Waals surface area contributed by atoms with Crippen LogP contribution in [0.15, 0.2) is 17.0 Å². The summed E-state index contributed by atoms with van der Waals surface area (Å²) >= 11 is 0. The molecule has 15 heavy (non-hydrogen) atoms. The molecule has 0 spiro atoms. The molecule has 1 aliphatic heterocycles. The molecule has 0 atom stereocenters. The molecule has 1 N–H and O–H groups in total. The zero-order valence-electron chi connectivity index (χ0n) is 9.55. The van der Waals surface area contributed by atoms with Crippen LogP contribution in [0.1, 0.15) is 30.4 Å². The van der Waals surface area contributed by atoms with Crippen molar-refractivity contribution < 1.29 is 5.11 Å². The van der Waals surface area contributed by atoms with Crippen molar-refractivity contribution in [2.45, 2.75) is 38.0 Å². The Bertz CT molecular complexity index is 331. The first-order valence-corrected chi connectivity index (χ1v) is 7.22. The van der Waals surface area contributed by atoms with E-state index in [2.05, 4.69) is 13.8 Å². The summed E-state index contributed by atoms with van der Waals surface area (Å²) in [5.41, 5.74) is 2.55. The summed E-state index contributed by atoms with van der Waals surface area (Å²) in [5.74, 6) is 3.12. The van der Waals surface area contributed by atoms with Crippen LogP contribution in [-0.2, 0) is 10.9 Å². The van der Waals surface area contributed by atoms with Crippen LogP contribution in [0.2, 0.25) is 0 Å². The Balaban J connectivity index is 2.33. The Morgan fingerprint density at radius 3 is 2.07 bits per heavy atom. The summed E-state index contributed by atoms with van der Waals surface area (Å²) in [5, 5.41) is 9.52. The van der Waals surface area contributed by atoms with E-state index in [1.807, 2.05) is 12.1 Å². The van der Waals surface area contributed by atoms with Crippen LogP contribution in [0.25, 0.3) is 0 Å². The second-order valence-corrected chi connectivity index (χ2v) is 6.58. The lowest BCUT2D eigenvalue weighted by molar-refractivity contribution is 0.473. The highest BCUT2D eigenvalue weighted by Gasteiger charge is 2.28. The van der Waals surface area contributed by atoms with Gasteiger partial charge >= 0.3 is 0 Å². The molecule has 0 aromatic heterocycles. The summed E-state index contributed by atoms with van der Waals surface area (Å²) in [4.78, 5) is 1.52. The molecule has 0 saturated carbocycles. The van der Waals surface area contributed by atoms with Crippen molar-refractivity contribution >= 4 is 10.9 Å². The predicted molar refractivity (Wildman–Crippen MR) is 66.8 cm³/mol. The first kappa shape index (κ1) is 10.9. The molecule has 0 aliphatic carbocycles. The molecule has 0 unspecified atom stereocenters. The number of phenols is 1. The fourth-order valence-corrected chi connectivity index (χ4v) is 5.16. The van der Waals surface area contributed by atoms with E-state index >= 15 is 0 Å². The quantitative estimate of drug-likeness (QED) is 0.725. The van der Waals surface area contributed by atoms with Crippen LogP contribution in [-0.4, -0.2) is 16.6 Å². The van der Waals surface area contributed by atoms with Gasteiger partial charge in [0.15, 0.2) is 4.90 Å². The lowest BCUT2D eigenvalue weighted by Crippen LogP contribution is -2.19. The van der Waals surface area contributed by atoms with Crippen LogP contribution in [0.5, 0.6) is 5.75 Å². The van der Waals surface area contributed by atoms with Crippen LogP contribution in [0, 0.1) is 13.8 Å². The van der Waals surface area contributed by atoms with Crippen molar-refractivity contribution in [3.63, 3.8) is 0 Å². The lowest BCUT2D eigenvalue weighted by Gasteiger charge is -2.16. The van der Waals surface area contributed by atoms with Crippen LogP contribution >= 0.6 is 0 Å². The van der Waals surface area contributed by atoms with E-state index < -0.39 is 0 Å². The third-order valence-corrected chi connectivity index (χ3v) is 5.80. The highest BCUT2D eigenvalue weighted by Crippen LogP contribution is 2.30. The van der Waals surface area contributed by atoms with E-state index in [0.717, 1.165) is 0 Å². The zero-order chi connectivity index (χ0) is 10.8. The molecule has 1 nitrogen and oxygen atoms in total. The van der Waals surface area contributed by atoms with E-state index in [0.29, 0.717) is 16.6 Å². The third kappa shape index (κ3) is 2.31. The summed E-state index contributed by atoms with van der Waals surface area (Å²) in [6.07, 6.45) is 4.16. The van der Waals surface area contributed by atoms with E-state index in [1.54, 1.807) is 0 Å². The number of hydrogen-bond donors (Lipinski definition) is 1. The maximum Gasteiger partial charge on any atom is 0.160 e. The molecule has 1 aliphatic rings. The topological polar surface area (TPSA) is 20.2 Å². The standard InChI is InChI=1S/C13H18OS/c1-10-8-12(14)9-11(2)13(10)15-6-4-3-5-7-15/h8-9H,3-7H2,1-2H3/p+1. The summed E-state index contributed by atoms with van der Waals surface area (Å²) in [6, 6.07) is 3.81. The van der Waals surface area contributed by atoms with Gasteiger partial charge < -0.3 is 5.11 Å². The first-order valence-electron chi connectivity index (χ1n) is 5.66. The maximum atomic E-state index is 9.52. The minimum Gasteiger partial charge on any atom is -0.508 e. The van der Waals surface area contributed by atoms with Gasteiger partial charge in [0.1, 0.15) is 17.3 Å². The molecule has 82 valence electrons. The van der Waals surface area contributed by atoms with Crippen LogP contribution in [0.4, 0.5) is 0 Å². The molecule has 1 aromatic rings. The number of benzene rings is 1. The Morgan fingerprint density at radius 1 is 1.00 bits per heavy atom. The zero-order valence-corrected chi connectivity index (χ0v) is 10.4. The minimum atomic E-state index is 0.411. The van der Waals surface area contributed by atoms with Gasteiger partial charge in [0.05, 0.1) is 0 Å². The molecular formula is C13H19OS+. The molecule has 0 bridgehead atoms. The third-order valence-electron chi connectivity index (χ3n) is 3.02. The molecule has 0 radical (unpaired) electrons. The largest absolute Gasteiger partial charge is 0.508 e. The van der Waals surface area contributed by atoms with Crippen molar-refractivity contribution in [2.24, 2.45) is 0 Å². The fourth-order valence-electron chi connectivity index (χ4n) is 2.42. The van der Waals surface area contributed by atoms with E-state index in [4.69, 9.17) is 0 Å². The van der Waals surface area contributed by atoms with Gasteiger partial charge in [-0.1, -0.05) is 0 Å². The van der Waals surface area contributed by atoms with Gasteiger partial charge in [0.2, 0.25) is 0 Å². The predicted octanol–water partition coefficient (Wildman–Crippen LogP) is 3.17. The smallest absolute Gasteiger partial charge is 0.160 e. The first-order chi connectivity index (χ1) is 7.18. The Labute approximate surface area is 94.9 Å². The maximum absolute atomic E-state index is 9.52. The van der Waals surface area contributed by atoms with Crippen molar-refractivity contribution in [3.05, 3.63) is 23.3 Å². The molecule has 2 rings (SSSR count). The molecule has 1 heterocycles. The van der Waals surface area contributed by atoms with E-state index in [-0.39, 0.29) is 0 Å². The monoisotopic (exact) mass is 223 g/mol. The lowest BCUT2D eigenvalue weighted by atomic mass is 10.1. The van der Waals surface area contributed by atoms with Crippen molar-refractivity contribution in [3.8, 4) is 5.75 Å². The van der Waals surface area contributed by atoms with Gasteiger partial charge in [-0.05, 0) is 45.2 Å². The van der Waals surface area contributed by atoms with E-state index in [9.17, 15) is 5.11 Å². The number of hydrogen-bond acceptors (Lipinski definition) is 1. The SMILES string of the molecule is Cc1cc(O)cc(C)c1[S+]1CCCCC1. The molecule has 0 amide bonds. The summed E-state index contributed by atoms with van der Waals surface area (Å²) < 4.78 is 0. The van der Waals surface area contributed by atoms with Gasteiger partial charge in [0, 0.05) is 22.0 Å². The van der Waals surface area contributed by atoms with Crippen LogP contribution < -0.4 is 0 Å². The molecule has 1 fully saturated rings. The number of rotatable bonds is 1. The number of phenolic OH excluding ortho intramolecular Hbond substituents is 1. The summed E-state index contributed by atoms with van der Waals surface area (Å²) in [7, 11) is 0.449. The average molecular weight is 223 g/mol. The Hall–Kier alpha value is -0.630. The summed E-state index contributed by atoms with van der Waals surface area (Å²) in [6.45, 7) is 4.26. The van der Waals surface area contributed by atoms with Crippen molar-refractivity contribution in [1.29, 1.82) is 0 Å². The molecular weight excluding hydrogens is 204 g/mol.